The van der Waals surface area contributed by atoms with Crippen molar-refractivity contribution in [3.8, 4) is 0 Å². The van der Waals surface area contributed by atoms with Gasteiger partial charge in [-0.3, -0.25) is 0 Å². The van der Waals surface area contributed by atoms with Crippen LogP contribution in [-0.4, -0.2) is 41.1 Å². The van der Waals surface area contributed by atoms with E-state index in [1.165, 1.54) is 38.6 Å². The Bertz CT molecular complexity index is 334. The number of carboxylic acids is 1. The first-order chi connectivity index (χ1) is 8.75. The van der Waals surface area contributed by atoms with Crippen LogP contribution in [-0.2, 0) is 4.79 Å². The van der Waals surface area contributed by atoms with Crippen LogP contribution in [0.25, 0.3) is 0 Å². The summed E-state index contributed by atoms with van der Waals surface area (Å²) < 4.78 is 0. The summed E-state index contributed by atoms with van der Waals surface area (Å²) in [6.07, 6.45) is 4.73. The molecule has 0 aromatic carbocycles. The van der Waals surface area contributed by atoms with Crippen LogP contribution in [0.5, 0.6) is 0 Å². The number of rotatable bonds is 4. The smallest absolute Gasteiger partial charge is 0.329 e. The molecule has 0 heterocycles. The van der Waals surface area contributed by atoms with Gasteiger partial charge in [0.1, 0.15) is 5.54 Å². The average molecular weight is 270 g/mol. The average Bonchev–Trinajstić information content (AvgIpc) is 2.36. The monoisotopic (exact) mass is 270 g/mol. The minimum Gasteiger partial charge on any atom is -0.480 e. The number of nitrogens with zero attached hydrogens (tertiary/aromatic N) is 1. The topological polar surface area (TPSA) is 69.6 Å². The summed E-state index contributed by atoms with van der Waals surface area (Å²) in [4.78, 5) is 24.3. The van der Waals surface area contributed by atoms with Gasteiger partial charge in [-0.15, -0.1) is 0 Å². The molecule has 110 valence electrons. The molecule has 0 atom stereocenters. The highest BCUT2D eigenvalue weighted by Crippen LogP contribution is 2.27. The third-order valence-corrected chi connectivity index (χ3v) is 4.34. The van der Waals surface area contributed by atoms with Crippen molar-refractivity contribution in [1.29, 1.82) is 0 Å². The van der Waals surface area contributed by atoms with Gasteiger partial charge in [-0.25, -0.2) is 9.59 Å². The third-order valence-electron chi connectivity index (χ3n) is 4.34. The van der Waals surface area contributed by atoms with Crippen LogP contribution < -0.4 is 5.32 Å². The molecule has 1 saturated carbocycles. The summed E-state index contributed by atoms with van der Waals surface area (Å²) in [6, 6.07) is -0.314. The van der Waals surface area contributed by atoms with Gasteiger partial charge in [0, 0.05) is 13.6 Å². The predicted octanol–water partition coefficient (Wildman–Crippen LogP) is 2.32. The summed E-state index contributed by atoms with van der Waals surface area (Å²) in [6.45, 7) is 5.96. The van der Waals surface area contributed by atoms with Gasteiger partial charge in [0.05, 0.1) is 0 Å². The molecule has 0 radical (unpaired) electrons. The molecule has 2 amide bonds. The molecule has 1 aliphatic carbocycles. The molecule has 5 nitrogen and oxygen atoms in total. The third kappa shape index (κ3) is 4.11. The van der Waals surface area contributed by atoms with E-state index in [-0.39, 0.29) is 6.03 Å². The van der Waals surface area contributed by atoms with Gasteiger partial charge in [0.15, 0.2) is 0 Å². The number of likely N-dealkylation sites (N-methyl/N-ethyl adjacent to an activating group) is 1. The predicted molar refractivity (Wildman–Crippen MR) is 74.0 cm³/mol. The number of carbonyl (C=O) groups excluding carboxylic acids is 1. The number of amides is 2. The van der Waals surface area contributed by atoms with Gasteiger partial charge >= 0.3 is 12.0 Å². The van der Waals surface area contributed by atoms with E-state index < -0.39 is 11.5 Å². The Labute approximate surface area is 115 Å². The molecule has 1 rings (SSSR count). The Morgan fingerprint density at radius 1 is 1.26 bits per heavy atom. The van der Waals surface area contributed by atoms with E-state index in [4.69, 9.17) is 5.11 Å². The molecule has 19 heavy (non-hydrogen) atoms. The highest BCUT2D eigenvalue weighted by Gasteiger charge is 2.35. The lowest BCUT2D eigenvalue weighted by Gasteiger charge is -2.32. The molecule has 0 aliphatic heterocycles. The van der Waals surface area contributed by atoms with E-state index in [0.717, 1.165) is 18.8 Å². The maximum absolute atomic E-state index is 12.0. The second kappa shape index (κ2) is 6.26. The first-order valence-electron chi connectivity index (χ1n) is 7.00. The van der Waals surface area contributed by atoms with E-state index in [9.17, 15) is 9.59 Å². The van der Waals surface area contributed by atoms with Gasteiger partial charge in [-0.1, -0.05) is 19.8 Å². The Morgan fingerprint density at radius 2 is 1.79 bits per heavy atom. The number of carbonyl (C=O) groups is 2. The van der Waals surface area contributed by atoms with E-state index in [1.54, 1.807) is 0 Å². The minimum atomic E-state index is -1.19. The van der Waals surface area contributed by atoms with Crippen molar-refractivity contribution in [2.24, 2.45) is 11.8 Å². The Kier molecular flexibility index (Phi) is 5.20. The molecule has 0 spiro atoms. The van der Waals surface area contributed by atoms with Crippen molar-refractivity contribution in [1.82, 2.24) is 10.2 Å². The fraction of sp³-hybridized carbons (Fsp3) is 0.857. The number of aliphatic carboxylic acids is 1. The molecule has 2 N–H and O–H groups in total. The second-order valence-electron chi connectivity index (χ2n) is 6.24. The van der Waals surface area contributed by atoms with Crippen LogP contribution in [0.4, 0.5) is 4.79 Å². The normalized spacial score (nSPS) is 23.8. The van der Waals surface area contributed by atoms with Gasteiger partial charge in [-0.05, 0) is 38.5 Å². The molecule has 5 heteroatoms. The number of hydrogen-bond acceptors (Lipinski definition) is 2. The van der Waals surface area contributed by atoms with Crippen LogP contribution in [0, 0.1) is 11.8 Å². The quantitative estimate of drug-likeness (QED) is 0.823. The lowest BCUT2D eigenvalue weighted by atomic mass is 9.83. The van der Waals surface area contributed by atoms with Crippen LogP contribution in [0.3, 0.4) is 0 Å². The number of nitrogens with one attached hydrogen (secondary N) is 1. The van der Waals surface area contributed by atoms with E-state index in [1.807, 2.05) is 0 Å². The van der Waals surface area contributed by atoms with Crippen molar-refractivity contribution in [3.63, 3.8) is 0 Å². The summed E-state index contributed by atoms with van der Waals surface area (Å²) >= 11 is 0. The summed E-state index contributed by atoms with van der Waals surface area (Å²) in [5, 5.41) is 11.9. The number of carboxylic acid groups (broad SMARTS) is 1. The van der Waals surface area contributed by atoms with Crippen molar-refractivity contribution >= 4 is 12.0 Å². The minimum absolute atomic E-state index is 0.314. The van der Waals surface area contributed by atoms with E-state index >= 15 is 0 Å². The van der Waals surface area contributed by atoms with E-state index in [2.05, 4.69) is 12.2 Å². The lowest BCUT2D eigenvalue weighted by Crippen LogP contribution is -2.54. The van der Waals surface area contributed by atoms with Crippen molar-refractivity contribution in [2.45, 2.75) is 52.0 Å². The zero-order chi connectivity index (χ0) is 14.6. The summed E-state index contributed by atoms with van der Waals surface area (Å²) in [5.74, 6) is 0.318. The fourth-order valence-corrected chi connectivity index (χ4v) is 2.28. The molecule has 0 unspecified atom stereocenters. The fourth-order valence-electron chi connectivity index (χ4n) is 2.28. The largest absolute Gasteiger partial charge is 0.480 e. The van der Waals surface area contributed by atoms with Gasteiger partial charge in [0.25, 0.3) is 0 Å². The lowest BCUT2D eigenvalue weighted by molar-refractivity contribution is -0.146. The first kappa shape index (κ1) is 15.8. The van der Waals surface area contributed by atoms with Crippen molar-refractivity contribution in [2.75, 3.05) is 13.6 Å². The van der Waals surface area contributed by atoms with Gasteiger partial charge in [-0.2, -0.15) is 0 Å². The Hall–Kier alpha value is -1.26. The van der Waals surface area contributed by atoms with E-state index in [0.29, 0.717) is 12.5 Å². The van der Waals surface area contributed by atoms with Crippen LogP contribution >= 0.6 is 0 Å². The molecular weight excluding hydrogens is 244 g/mol. The maximum atomic E-state index is 12.0. The zero-order valence-corrected chi connectivity index (χ0v) is 12.4. The van der Waals surface area contributed by atoms with Crippen LogP contribution in [0.2, 0.25) is 0 Å². The Morgan fingerprint density at radius 3 is 2.26 bits per heavy atom. The molecule has 1 fully saturated rings. The SMILES string of the molecule is CC1CCC(CNC(=O)N(C)C(C)(C)C(=O)O)CC1. The standard InChI is InChI=1S/C14H26N2O3/c1-10-5-7-11(8-6-10)9-15-13(19)16(4)14(2,3)12(17)18/h10-11H,5-9H2,1-4H3,(H,15,19)(H,17,18). The molecule has 0 aromatic rings. The van der Waals surface area contributed by atoms with Crippen LogP contribution in [0.1, 0.15) is 46.5 Å². The summed E-state index contributed by atoms with van der Waals surface area (Å²) in [7, 11) is 1.52. The zero-order valence-electron chi connectivity index (χ0n) is 12.4. The number of urea groups is 1. The molecular formula is C14H26N2O3. The van der Waals surface area contributed by atoms with Crippen molar-refractivity contribution < 1.29 is 14.7 Å². The Balaban J connectivity index is 2.41. The van der Waals surface area contributed by atoms with Gasteiger partial charge in [0.2, 0.25) is 0 Å². The highest BCUT2D eigenvalue weighted by molar-refractivity contribution is 5.85. The molecule has 0 saturated heterocycles. The van der Waals surface area contributed by atoms with Gasteiger partial charge < -0.3 is 15.3 Å². The highest BCUT2D eigenvalue weighted by atomic mass is 16.4. The number of hydrogen-bond donors (Lipinski definition) is 2. The molecule has 0 bridgehead atoms. The van der Waals surface area contributed by atoms with Crippen molar-refractivity contribution in [3.05, 3.63) is 0 Å². The first-order valence-corrected chi connectivity index (χ1v) is 7.00. The van der Waals surface area contributed by atoms with Crippen LogP contribution in [0.15, 0.2) is 0 Å². The second-order valence-corrected chi connectivity index (χ2v) is 6.24. The maximum Gasteiger partial charge on any atom is 0.329 e. The molecule has 1 aliphatic rings. The molecule has 0 aromatic heterocycles. The summed E-state index contributed by atoms with van der Waals surface area (Å²) in [5.41, 5.74) is -1.19.